The lowest BCUT2D eigenvalue weighted by Gasteiger charge is -2.14. The van der Waals surface area contributed by atoms with Gasteiger partial charge in [-0.3, -0.25) is 0 Å². The maximum atomic E-state index is 6.22. The largest absolute Gasteiger partial charge is 0.489 e. The summed E-state index contributed by atoms with van der Waals surface area (Å²) in [4.78, 5) is 0. The molecular weight excluding hydrogens is 356 g/mol. The molecule has 0 N–H and O–H groups in total. The zero-order valence-electron chi connectivity index (χ0n) is 15.7. The highest BCUT2D eigenvalue weighted by Gasteiger charge is 2.07. The molecule has 3 rings (SSSR count). The molecule has 0 aliphatic heterocycles. The summed E-state index contributed by atoms with van der Waals surface area (Å²) in [6.45, 7) is 9.00. The van der Waals surface area contributed by atoms with Gasteiger partial charge in [0, 0.05) is 16.7 Å². The molecule has 0 saturated heterocycles. The number of rotatable bonds is 7. The van der Waals surface area contributed by atoms with Gasteiger partial charge in [-0.25, -0.2) is 0 Å². The van der Waals surface area contributed by atoms with Gasteiger partial charge in [0.05, 0.1) is 0 Å². The molecule has 3 aromatic rings. The van der Waals surface area contributed by atoms with Crippen molar-refractivity contribution in [1.29, 1.82) is 0 Å². The number of hydrogen-bond donors (Lipinski definition) is 0. The first-order chi connectivity index (χ1) is 13.0. The van der Waals surface area contributed by atoms with Crippen LogP contribution < -0.4 is 9.47 Å². The lowest BCUT2D eigenvalue weighted by atomic mass is 10.1. The normalized spacial score (nSPS) is 10.5. The Balaban J connectivity index is 1.77. The molecule has 3 heteroatoms. The third kappa shape index (κ3) is 5.15. The van der Waals surface area contributed by atoms with E-state index in [2.05, 4.69) is 25.6 Å². The predicted octanol–water partition coefficient (Wildman–Crippen LogP) is 6.84. The van der Waals surface area contributed by atoms with Crippen LogP contribution in [0.5, 0.6) is 11.5 Å². The summed E-state index contributed by atoms with van der Waals surface area (Å²) < 4.78 is 12.0. The van der Waals surface area contributed by atoms with Gasteiger partial charge >= 0.3 is 0 Å². The van der Waals surface area contributed by atoms with Crippen molar-refractivity contribution in [2.75, 3.05) is 0 Å². The molecule has 0 bridgehead atoms. The zero-order chi connectivity index (χ0) is 19.2. The Bertz CT molecular complexity index is 879. The number of allylic oxidation sites excluding steroid dienone is 1. The van der Waals surface area contributed by atoms with Crippen molar-refractivity contribution in [3.05, 3.63) is 101 Å². The van der Waals surface area contributed by atoms with Crippen LogP contribution in [0.2, 0.25) is 5.02 Å². The second kappa shape index (κ2) is 8.79. The van der Waals surface area contributed by atoms with Gasteiger partial charge in [0.25, 0.3) is 0 Å². The van der Waals surface area contributed by atoms with Crippen molar-refractivity contribution in [2.45, 2.75) is 27.1 Å². The Morgan fingerprint density at radius 3 is 2.00 bits per heavy atom. The fraction of sp³-hybridized carbons (Fsp3) is 0.167. The van der Waals surface area contributed by atoms with Crippen molar-refractivity contribution in [1.82, 2.24) is 0 Å². The van der Waals surface area contributed by atoms with E-state index in [0.29, 0.717) is 18.2 Å². The second-order valence-electron chi connectivity index (χ2n) is 6.57. The number of aryl methyl sites for hydroxylation is 1. The van der Waals surface area contributed by atoms with Crippen LogP contribution in [-0.4, -0.2) is 0 Å². The molecule has 2 nitrogen and oxygen atoms in total. The van der Waals surface area contributed by atoms with Gasteiger partial charge in [-0.15, -0.1) is 0 Å². The molecule has 0 amide bonds. The third-order valence-electron chi connectivity index (χ3n) is 4.38. The minimum Gasteiger partial charge on any atom is -0.489 e. The van der Waals surface area contributed by atoms with E-state index in [1.54, 1.807) is 0 Å². The molecule has 0 aliphatic carbocycles. The standard InChI is InChI=1S/C24H23ClO2/c1-17(2)21-12-22(26-15-19-9-5-4-8-18(19)3)14-23(13-21)27-16-20-10-6-7-11-24(20)25/h4-14H,1,15-16H2,2-3H3. The van der Waals surface area contributed by atoms with Crippen LogP contribution in [0.15, 0.2) is 73.3 Å². The van der Waals surface area contributed by atoms with Gasteiger partial charge in [-0.2, -0.15) is 0 Å². The SMILES string of the molecule is C=C(C)c1cc(OCc2ccccc2C)cc(OCc2ccccc2Cl)c1. The Morgan fingerprint density at radius 2 is 1.41 bits per heavy atom. The molecule has 0 atom stereocenters. The molecule has 0 fully saturated rings. The monoisotopic (exact) mass is 378 g/mol. The fourth-order valence-corrected chi connectivity index (χ4v) is 2.88. The Labute approximate surface area is 166 Å². The van der Waals surface area contributed by atoms with E-state index in [9.17, 15) is 0 Å². The van der Waals surface area contributed by atoms with E-state index in [-0.39, 0.29) is 0 Å². The molecule has 138 valence electrons. The van der Waals surface area contributed by atoms with Crippen LogP contribution in [-0.2, 0) is 13.2 Å². The molecule has 0 radical (unpaired) electrons. The van der Waals surface area contributed by atoms with Gasteiger partial charge in [0.1, 0.15) is 24.7 Å². The molecule has 0 aromatic heterocycles. The van der Waals surface area contributed by atoms with Gasteiger partial charge in [0.2, 0.25) is 0 Å². The van der Waals surface area contributed by atoms with E-state index in [1.807, 2.05) is 61.5 Å². The maximum Gasteiger partial charge on any atom is 0.124 e. The minimum absolute atomic E-state index is 0.399. The summed E-state index contributed by atoms with van der Waals surface area (Å²) in [6, 6.07) is 21.8. The quantitative estimate of drug-likeness (QED) is 0.448. The number of benzene rings is 3. The summed E-state index contributed by atoms with van der Waals surface area (Å²) in [7, 11) is 0. The number of hydrogen-bond acceptors (Lipinski definition) is 2. The van der Waals surface area contributed by atoms with Crippen LogP contribution in [0, 0.1) is 6.92 Å². The first kappa shape index (κ1) is 19.1. The van der Waals surface area contributed by atoms with E-state index in [4.69, 9.17) is 21.1 Å². The average molecular weight is 379 g/mol. The van der Waals surface area contributed by atoms with Gasteiger partial charge in [-0.05, 0) is 48.7 Å². The van der Waals surface area contributed by atoms with Gasteiger partial charge < -0.3 is 9.47 Å². The summed E-state index contributed by atoms with van der Waals surface area (Å²) in [5.74, 6) is 1.49. The highest BCUT2D eigenvalue weighted by atomic mass is 35.5. The van der Waals surface area contributed by atoms with Crippen LogP contribution in [0.3, 0.4) is 0 Å². The molecule has 27 heavy (non-hydrogen) atoms. The van der Waals surface area contributed by atoms with E-state index >= 15 is 0 Å². The smallest absolute Gasteiger partial charge is 0.124 e. The van der Waals surface area contributed by atoms with Crippen molar-refractivity contribution in [3.63, 3.8) is 0 Å². The van der Waals surface area contributed by atoms with E-state index in [0.717, 1.165) is 33.8 Å². The molecule has 0 heterocycles. The van der Waals surface area contributed by atoms with Crippen LogP contribution >= 0.6 is 11.6 Å². The summed E-state index contributed by atoms with van der Waals surface area (Å²) in [6.07, 6.45) is 0. The topological polar surface area (TPSA) is 18.5 Å². The maximum absolute atomic E-state index is 6.22. The minimum atomic E-state index is 0.399. The summed E-state index contributed by atoms with van der Waals surface area (Å²) in [5, 5.41) is 0.699. The average Bonchev–Trinajstić information content (AvgIpc) is 2.66. The van der Waals surface area contributed by atoms with Crippen molar-refractivity contribution in [2.24, 2.45) is 0 Å². The molecular formula is C24H23ClO2. The molecule has 3 aromatic carbocycles. The molecule has 0 saturated carbocycles. The number of ether oxygens (including phenoxy) is 2. The lowest BCUT2D eigenvalue weighted by molar-refractivity contribution is 0.289. The van der Waals surface area contributed by atoms with Crippen LogP contribution in [0.1, 0.15) is 29.2 Å². The zero-order valence-corrected chi connectivity index (χ0v) is 16.4. The Morgan fingerprint density at radius 1 is 0.852 bits per heavy atom. The van der Waals surface area contributed by atoms with Crippen LogP contribution in [0.4, 0.5) is 0 Å². The predicted molar refractivity (Wildman–Crippen MR) is 112 cm³/mol. The first-order valence-electron chi connectivity index (χ1n) is 8.87. The molecule has 0 aliphatic rings. The summed E-state index contributed by atoms with van der Waals surface area (Å²) >= 11 is 6.22. The number of halogens is 1. The first-order valence-corrected chi connectivity index (χ1v) is 9.25. The highest BCUT2D eigenvalue weighted by Crippen LogP contribution is 2.28. The van der Waals surface area contributed by atoms with Gasteiger partial charge in [-0.1, -0.05) is 66.2 Å². The van der Waals surface area contributed by atoms with Crippen LogP contribution in [0.25, 0.3) is 5.57 Å². The van der Waals surface area contributed by atoms with E-state index in [1.165, 1.54) is 5.56 Å². The van der Waals surface area contributed by atoms with Crippen molar-refractivity contribution < 1.29 is 9.47 Å². The third-order valence-corrected chi connectivity index (χ3v) is 4.75. The lowest BCUT2D eigenvalue weighted by Crippen LogP contribution is -2.00. The summed E-state index contributed by atoms with van der Waals surface area (Å²) in [5.41, 5.74) is 5.27. The Kier molecular flexibility index (Phi) is 6.20. The van der Waals surface area contributed by atoms with Gasteiger partial charge in [0.15, 0.2) is 0 Å². The van der Waals surface area contributed by atoms with Crippen molar-refractivity contribution in [3.8, 4) is 11.5 Å². The van der Waals surface area contributed by atoms with Crippen molar-refractivity contribution >= 4 is 17.2 Å². The fourth-order valence-electron chi connectivity index (χ4n) is 2.69. The Hall–Kier alpha value is -2.71. The van der Waals surface area contributed by atoms with E-state index < -0.39 is 0 Å². The highest BCUT2D eigenvalue weighted by molar-refractivity contribution is 6.31. The molecule has 0 unspecified atom stereocenters. The second-order valence-corrected chi connectivity index (χ2v) is 6.98. The molecule has 0 spiro atoms.